The van der Waals surface area contributed by atoms with Gasteiger partial charge in [-0.2, -0.15) is 0 Å². The van der Waals surface area contributed by atoms with Crippen molar-refractivity contribution >= 4 is 16.5 Å². The normalized spacial score (nSPS) is 17.6. The minimum Gasteiger partial charge on any atom is -0.345 e. The summed E-state index contributed by atoms with van der Waals surface area (Å²) in [6, 6.07) is 0.700. The largest absolute Gasteiger partial charge is 0.345 e. The van der Waals surface area contributed by atoms with Gasteiger partial charge in [0.25, 0.3) is 0 Å². The van der Waals surface area contributed by atoms with Gasteiger partial charge in [0.2, 0.25) is 0 Å². The lowest BCUT2D eigenvalue weighted by molar-refractivity contribution is 0.412. The first-order chi connectivity index (χ1) is 7.92. The van der Waals surface area contributed by atoms with Crippen LogP contribution in [0.2, 0.25) is 0 Å². The summed E-state index contributed by atoms with van der Waals surface area (Å²) >= 11 is 1.75. The Kier molecular flexibility index (Phi) is 4.60. The van der Waals surface area contributed by atoms with Crippen molar-refractivity contribution < 1.29 is 0 Å². The average molecular weight is 239 g/mol. The van der Waals surface area contributed by atoms with Crippen LogP contribution in [0.3, 0.4) is 0 Å². The van der Waals surface area contributed by atoms with Crippen LogP contribution >= 0.6 is 11.3 Å². The van der Waals surface area contributed by atoms with Gasteiger partial charge in [0.1, 0.15) is 0 Å². The van der Waals surface area contributed by atoms with Gasteiger partial charge in [-0.25, -0.2) is 4.98 Å². The molecule has 1 aliphatic rings. The summed E-state index contributed by atoms with van der Waals surface area (Å²) in [6.07, 6.45) is 9.76. The summed E-state index contributed by atoms with van der Waals surface area (Å²) in [5.74, 6) is 0. The Hall–Kier alpha value is -0.610. The van der Waals surface area contributed by atoms with Gasteiger partial charge in [-0.1, -0.05) is 19.3 Å². The molecule has 0 bridgehead atoms. The zero-order valence-corrected chi connectivity index (χ0v) is 10.6. The maximum Gasteiger partial charge on any atom is 0.185 e. The first-order valence-corrected chi connectivity index (χ1v) is 7.16. The second kappa shape index (κ2) is 6.21. The highest BCUT2D eigenvalue weighted by Crippen LogP contribution is 2.28. The Balaban J connectivity index is 2.01. The minimum absolute atomic E-state index is 0.700. The Labute approximate surface area is 102 Å². The predicted octanol–water partition coefficient (Wildman–Crippen LogP) is 2.63. The Bertz CT molecular complexity index is 280. The highest BCUT2D eigenvalue weighted by molar-refractivity contribution is 7.13. The summed E-state index contributed by atoms with van der Waals surface area (Å²) < 4.78 is 0. The average Bonchev–Trinajstić information content (AvgIpc) is 2.85. The highest BCUT2D eigenvalue weighted by Gasteiger charge is 2.22. The molecule has 0 spiro atoms. The lowest BCUT2D eigenvalue weighted by Gasteiger charge is -2.34. The van der Waals surface area contributed by atoms with Crippen molar-refractivity contribution in [1.82, 2.24) is 4.98 Å². The number of hydrogen-bond acceptors (Lipinski definition) is 4. The summed E-state index contributed by atoms with van der Waals surface area (Å²) in [5, 5.41) is 3.24. The summed E-state index contributed by atoms with van der Waals surface area (Å²) in [6.45, 7) is 1.84. The molecular formula is C12H21N3S. The third kappa shape index (κ3) is 2.95. The second-order valence-corrected chi connectivity index (χ2v) is 5.32. The standard InChI is InChI=1S/C12H21N3S/c13-7-4-9-15(12-14-8-10-16-12)11-5-2-1-3-6-11/h8,10-11H,1-7,9,13H2. The highest BCUT2D eigenvalue weighted by atomic mass is 32.1. The number of nitrogens with zero attached hydrogens (tertiary/aromatic N) is 2. The van der Waals surface area contributed by atoms with Crippen LogP contribution in [0, 0.1) is 0 Å². The van der Waals surface area contributed by atoms with Gasteiger partial charge in [-0.05, 0) is 25.8 Å². The zero-order chi connectivity index (χ0) is 11.2. The molecule has 0 aliphatic heterocycles. The predicted molar refractivity (Wildman–Crippen MR) is 70.0 cm³/mol. The third-order valence-electron chi connectivity index (χ3n) is 3.28. The van der Waals surface area contributed by atoms with Gasteiger partial charge in [-0.3, -0.25) is 0 Å². The van der Waals surface area contributed by atoms with Crippen LogP contribution in [0.4, 0.5) is 5.13 Å². The van der Waals surface area contributed by atoms with Crippen molar-refractivity contribution in [1.29, 1.82) is 0 Å². The van der Waals surface area contributed by atoms with E-state index in [4.69, 9.17) is 5.73 Å². The van der Waals surface area contributed by atoms with Crippen LogP contribution in [0.25, 0.3) is 0 Å². The molecule has 90 valence electrons. The monoisotopic (exact) mass is 239 g/mol. The molecule has 1 saturated carbocycles. The molecule has 0 unspecified atom stereocenters. The lowest BCUT2D eigenvalue weighted by atomic mass is 9.94. The van der Waals surface area contributed by atoms with E-state index in [1.165, 1.54) is 37.2 Å². The van der Waals surface area contributed by atoms with Crippen molar-refractivity contribution in [2.75, 3.05) is 18.0 Å². The molecule has 0 amide bonds. The molecule has 0 radical (unpaired) electrons. The van der Waals surface area contributed by atoms with E-state index in [9.17, 15) is 0 Å². The van der Waals surface area contributed by atoms with E-state index in [2.05, 4.69) is 15.3 Å². The molecule has 1 heterocycles. The molecule has 16 heavy (non-hydrogen) atoms. The molecule has 1 aliphatic carbocycles. The Morgan fingerprint density at radius 2 is 2.19 bits per heavy atom. The van der Waals surface area contributed by atoms with Gasteiger partial charge < -0.3 is 10.6 Å². The fraction of sp³-hybridized carbons (Fsp3) is 0.750. The van der Waals surface area contributed by atoms with Gasteiger partial charge >= 0.3 is 0 Å². The SMILES string of the molecule is NCCCN(c1nccs1)C1CCCCC1. The van der Waals surface area contributed by atoms with Crippen LogP contribution in [0.15, 0.2) is 11.6 Å². The summed E-state index contributed by atoms with van der Waals surface area (Å²) in [7, 11) is 0. The fourth-order valence-electron chi connectivity index (χ4n) is 2.45. The topological polar surface area (TPSA) is 42.1 Å². The smallest absolute Gasteiger partial charge is 0.185 e. The summed E-state index contributed by atoms with van der Waals surface area (Å²) in [5.41, 5.74) is 5.62. The molecule has 2 rings (SSSR count). The number of nitrogens with two attached hydrogens (primary N) is 1. The first-order valence-electron chi connectivity index (χ1n) is 6.28. The van der Waals surface area contributed by atoms with Crippen molar-refractivity contribution in [3.63, 3.8) is 0 Å². The van der Waals surface area contributed by atoms with Gasteiger partial charge in [0, 0.05) is 24.2 Å². The molecule has 0 saturated heterocycles. The fourth-order valence-corrected chi connectivity index (χ4v) is 3.19. The minimum atomic E-state index is 0.700. The zero-order valence-electron chi connectivity index (χ0n) is 9.77. The molecule has 2 N–H and O–H groups in total. The molecule has 0 aromatic carbocycles. The molecule has 3 nitrogen and oxygen atoms in total. The van der Waals surface area contributed by atoms with Crippen molar-refractivity contribution in [3.8, 4) is 0 Å². The van der Waals surface area contributed by atoms with Crippen molar-refractivity contribution in [3.05, 3.63) is 11.6 Å². The van der Waals surface area contributed by atoms with Gasteiger partial charge in [0.05, 0.1) is 0 Å². The molecule has 1 aromatic heterocycles. The maximum absolute atomic E-state index is 5.62. The lowest BCUT2D eigenvalue weighted by Crippen LogP contribution is -2.38. The van der Waals surface area contributed by atoms with Crippen molar-refractivity contribution in [2.45, 2.75) is 44.6 Å². The molecule has 1 aromatic rings. The number of thiazole rings is 1. The van der Waals surface area contributed by atoms with Crippen LogP contribution in [0.5, 0.6) is 0 Å². The third-order valence-corrected chi connectivity index (χ3v) is 4.09. The van der Waals surface area contributed by atoms with E-state index in [0.717, 1.165) is 19.5 Å². The van der Waals surface area contributed by atoms with E-state index in [1.54, 1.807) is 11.3 Å². The molecular weight excluding hydrogens is 218 g/mol. The molecule has 1 fully saturated rings. The first kappa shape index (κ1) is 11.9. The molecule has 4 heteroatoms. The van der Waals surface area contributed by atoms with Gasteiger partial charge in [-0.15, -0.1) is 11.3 Å². The number of anilines is 1. The van der Waals surface area contributed by atoms with Gasteiger partial charge in [0.15, 0.2) is 5.13 Å². The Morgan fingerprint density at radius 3 is 2.81 bits per heavy atom. The number of hydrogen-bond donors (Lipinski definition) is 1. The van der Waals surface area contributed by atoms with E-state index in [-0.39, 0.29) is 0 Å². The van der Waals surface area contributed by atoms with E-state index < -0.39 is 0 Å². The van der Waals surface area contributed by atoms with E-state index >= 15 is 0 Å². The van der Waals surface area contributed by atoms with E-state index in [0.29, 0.717) is 6.04 Å². The maximum atomic E-state index is 5.62. The Morgan fingerprint density at radius 1 is 1.38 bits per heavy atom. The second-order valence-electron chi connectivity index (χ2n) is 4.44. The molecule has 0 atom stereocenters. The van der Waals surface area contributed by atoms with Crippen LogP contribution in [0.1, 0.15) is 38.5 Å². The number of rotatable bonds is 5. The van der Waals surface area contributed by atoms with Crippen molar-refractivity contribution in [2.24, 2.45) is 5.73 Å². The summed E-state index contributed by atoms with van der Waals surface area (Å²) in [4.78, 5) is 6.93. The van der Waals surface area contributed by atoms with Crippen LogP contribution < -0.4 is 10.6 Å². The quantitative estimate of drug-likeness (QED) is 0.859. The van der Waals surface area contributed by atoms with Crippen LogP contribution in [-0.4, -0.2) is 24.1 Å². The van der Waals surface area contributed by atoms with E-state index in [1.807, 2.05) is 6.20 Å². The van der Waals surface area contributed by atoms with Crippen LogP contribution in [-0.2, 0) is 0 Å². The number of aromatic nitrogens is 1.